The monoisotopic (exact) mass is 346 g/mol. The van der Waals surface area contributed by atoms with Crippen molar-refractivity contribution < 1.29 is 19.1 Å². The molecule has 0 spiro atoms. The molecule has 0 aliphatic carbocycles. The zero-order chi connectivity index (χ0) is 18.4. The minimum absolute atomic E-state index is 0.227. The van der Waals surface area contributed by atoms with Gasteiger partial charge in [0.05, 0.1) is 6.04 Å². The molecule has 0 unspecified atom stereocenters. The maximum atomic E-state index is 12.3. The third-order valence-corrected chi connectivity index (χ3v) is 3.78. The number of benzene rings is 1. The van der Waals surface area contributed by atoms with Crippen LogP contribution in [-0.2, 0) is 16.1 Å². The Hall–Kier alpha value is -2.50. The van der Waals surface area contributed by atoms with Crippen LogP contribution in [-0.4, -0.2) is 53.3 Å². The molecule has 1 aromatic carbocycles. The maximum absolute atomic E-state index is 12.3. The van der Waals surface area contributed by atoms with E-state index in [1.807, 2.05) is 51.1 Å². The Balaban J connectivity index is 1.90. The molecule has 0 bridgehead atoms. The van der Waals surface area contributed by atoms with E-state index in [2.05, 4.69) is 6.58 Å². The van der Waals surface area contributed by atoms with Gasteiger partial charge in [0, 0.05) is 19.6 Å². The molecule has 2 rings (SSSR count). The van der Waals surface area contributed by atoms with Crippen LogP contribution in [0, 0.1) is 0 Å². The standard InChI is InChI=1S/C19H26N2O4/c1-5-16-13-20(11-12-21(16)18(23)25-19(2,3)4)17(22)24-14-15-9-7-6-8-10-15/h5-10,16H,1,11-14H2,2-4H3/t16-/m0/s1. The van der Waals surface area contributed by atoms with Crippen molar-refractivity contribution in [1.29, 1.82) is 0 Å². The molecule has 2 amide bonds. The lowest BCUT2D eigenvalue weighted by Crippen LogP contribution is -2.56. The molecule has 25 heavy (non-hydrogen) atoms. The molecule has 0 aromatic heterocycles. The molecule has 6 heteroatoms. The summed E-state index contributed by atoms with van der Waals surface area (Å²) in [6, 6.07) is 9.22. The summed E-state index contributed by atoms with van der Waals surface area (Å²) < 4.78 is 10.8. The average molecular weight is 346 g/mol. The first-order valence-electron chi connectivity index (χ1n) is 8.38. The molecule has 1 heterocycles. The van der Waals surface area contributed by atoms with E-state index in [1.54, 1.807) is 15.9 Å². The van der Waals surface area contributed by atoms with Crippen LogP contribution in [0.15, 0.2) is 43.0 Å². The smallest absolute Gasteiger partial charge is 0.410 e. The average Bonchev–Trinajstić information content (AvgIpc) is 2.58. The minimum atomic E-state index is -0.561. The van der Waals surface area contributed by atoms with Crippen LogP contribution < -0.4 is 0 Å². The summed E-state index contributed by atoms with van der Waals surface area (Å²) in [4.78, 5) is 27.8. The van der Waals surface area contributed by atoms with E-state index in [-0.39, 0.29) is 18.7 Å². The van der Waals surface area contributed by atoms with Gasteiger partial charge in [-0.15, -0.1) is 6.58 Å². The quantitative estimate of drug-likeness (QED) is 0.787. The van der Waals surface area contributed by atoms with Gasteiger partial charge in [-0.1, -0.05) is 36.4 Å². The fraction of sp³-hybridized carbons (Fsp3) is 0.474. The fourth-order valence-electron chi connectivity index (χ4n) is 2.54. The Kier molecular flexibility index (Phi) is 6.07. The van der Waals surface area contributed by atoms with Crippen molar-refractivity contribution in [2.75, 3.05) is 19.6 Å². The fourth-order valence-corrected chi connectivity index (χ4v) is 2.54. The van der Waals surface area contributed by atoms with Gasteiger partial charge in [-0.3, -0.25) is 4.90 Å². The first kappa shape index (κ1) is 18.8. The van der Waals surface area contributed by atoms with E-state index in [4.69, 9.17) is 9.47 Å². The van der Waals surface area contributed by atoms with Gasteiger partial charge in [0.2, 0.25) is 0 Å². The zero-order valence-corrected chi connectivity index (χ0v) is 15.1. The summed E-state index contributed by atoms with van der Waals surface area (Å²) >= 11 is 0. The highest BCUT2D eigenvalue weighted by Gasteiger charge is 2.33. The van der Waals surface area contributed by atoms with Crippen LogP contribution in [0.3, 0.4) is 0 Å². The Bertz CT molecular complexity index is 610. The molecule has 1 aliphatic rings. The lowest BCUT2D eigenvalue weighted by atomic mass is 10.1. The molecule has 6 nitrogen and oxygen atoms in total. The first-order valence-corrected chi connectivity index (χ1v) is 8.38. The van der Waals surface area contributed by atoms with Crippen molar-refractivity contribution >= 4 is 12.2 Å². The highest BCUT2D eigenvalue weighted by molar-refractivity contribution is 5.71. The van der Waals surface area contributed by atoms with Gasteiger partial charge in [-0.2, -0.15) is 0 Å². The van der Waals surface area contributed by atoms with Gasteiger partial charge in [0.15, 0.2) is 0 Å². The van der Waals surface area contributed by atoms with E-state index >= 15 is 0 Å². The Morgan fingerprint density at radius 1 is 1.20 bits per heavy atom. The predicted octanol–water partition coefficient (Wildman–Crippen LogP) is 3.43. The molecule has 136 valence electrons. The second-order valence-electron chi connectivity index (χ2n) is 6.96. The molecular weight excluding hydrogens is 320 g/mol. The van der Waals surface area contributed by atoms with Crippen molar-refractivity contribution in [2.24, 2.45) is 0 Å². The van der Waals surface area contributed by atoms with E-state index in [0.717, 1.165) is 5.56 Å². The van der Waals surface area contributed by atoms with Crippen LogP contribution in [0.4, 0.5) is 9.59 Å². The summed E-state index contributed by atoms with van der Waals surface area (Å²) in [6.07, 6.45) is 0.870. The van der Waals surface area contributed by atoms with Crippen molar-refractivity contribution in [3.8, 4) is 0 Å². The number of carbonyl (C=O) groups is 2. The third kappa shape index (κ3) is 5.52. The Morgan fingerprint density at radius 3 is 2.48 bits per heavy atom. The molecule has 1 aliphatic heterocycles. The zero-order valence-electron chi connectivity index (χ0n) is 15.1. The molecular formula is C19H26N2O4. The van der Waals surface area contributed by atoms with Crippen LogP contribution >= 0.6 is 0 Å². The maximum Gasteiger partial charge on any atom is 0.410 e. The molecule has 1 saturated heterocycles. The third-order valence-electron chi connectivity index (χ3n) is 3.78. The van der Waals surface area contributed by atoms with Gasteiger partial charge < -0.3 is 14.4 Å². The van der Waals surface area contributed by atoms with Gasteiger partial charge in [0.25, 0.3) is 0 Å². The number of amides is 2. The number of ether oxygens (including phenoxy) is 2. The highest BCUT2D eigenvalue weighted by Crippen LogP contribution is 2.17. The summed E-state index contributed by atoms with van der Waals surface area (Å²) in [5.74, 6) is 0. The Morgan fingerprint density at radius 2 is 1.88 bits per heavy atom. The molecule has 1 atom stereocenters. The van der Waals surface area contributed by atoms with E-state index in [1.165, 1.54) is 0 Å². The number of piperazine rings is 1. The van der Waals surface area contributed by atoms with Crippen molar-refractivity contribution in [2.45, 2.75) is 39.0 Å². The summed E-state index contributed by atoms with van der Waals surface area (Å²) in [6.45, 7) is 10.6. The number of hydrogen-bond donors (Lipinski definition) is 0. The van der Waals surface area contributed by atoms with Crippen LogP contribution in [0.25, 0.3) is 0 Å². The summed E-state index contributed by atoms with van der Waals surface area (Å²) in [5.41, 5.74) is 0.373. The van der Waals surface area contributed by atoms with Crippen LogP contribution in [0.2, 0.25) is 0 Å². The van der Waals surface area contributed by atoms with Gasteiger partial charge in [0.1, 0.15) is 12.2 Å². The van der Waals surface area contributed by atoms with Gasteiger partial charge in [-0.25, -0.2) is 9.59 Å². The van der Waals surface area contributed by atoms with E-state index in [0.29, 0.717) is 19.6 Å². The second kappa shape index (κ2) is 8.05. The highest BCUT2D eigenvalue weighted by atomic mass is 16.6. The number of hydrogen-bond acceptors (Lipinski definition) is 4. The van der Waals surface area contributed by atoms with Crippen molar-refractivity contribution in [3.05, 3.63) is 48.6 Å². The summed E-state index contributed by atoms with van der Waals surface area (Å²) in [7, 11) is 0. The number of nitrogens with zero attached hydrogens (tertiary/aromatic N) is 2. The van der Waals surface area contributed by atoms with Crippen LogP contribution in [0.1, 0.15) is 26.3 Å². The topological polar surface area (TPSA) is 59.1 Å². The largest absolute Gasteiger partial charge is 0.445 e. The van der Waals surface area contributed by atoms with E-state index in [9.17, 15) is 9.59 Å². The predicted molar refractivity (Wildman–Crippen MR) is 95.1 cm³/mol. The molecule has 0 radical (unpaired) electrons. The first-order chi connectivity index (χ1) is 11.8. The van der Waals surface area contributed by atoms with Gasteiger partial charge in [-0.05, 0) is 26.3 Å². The normalized spacial score (nSPS) is 17.8. The molecule has 1 aromatic rings. The Labute approximate surface area is 149 Å². The lowest BCUT2D eigenvalue weighted by molar-refractivity contribution is 0.00356. The van der Waals surface area contributed by atoms with Gasteiger partial charge >= 0.3 is 12.2 Å². The summed E-state index contributed by atoms with van der Waals surface area (Å²) in [5, 5.41) is 0. The van der Waals surface area contributed by atoms with E-state index < -0.39 is 11.7 Å². The minimum Gasteiger partial charge on any atom is -0.445 e. The SMILES string of the molecule is C=C[C@H]1CN(C(=O)OCc2ccccc2)CCN1C(=O)OC(C)(C)C. The number of rotatable bonds is 3. The molecule has 0 N–H and O–H groups in total. The van der Waals surface area contributed by atoms with Crippen LogP contribution in [0.5, 0.6) is 0 Å². The second-order valence-corrected chi connectivity index (χ2v) is 6.96. The number of carbonyl (C=O) groups excluding carboxylic acids is 2. The van der Waals surface area contributed by atoms with Crippen molar-refractivity contribution in [1.82, 2.24) is 9.80 Å². The molecule has 0 saturated carbocycles. The van der Waals surface area contributed by atoms with Crippen molar-refractivity contribution in [3.63, 3.8) is 0 Å². The lowest BCUT2D eigenvalue weighted by Gasteiger charge is -2.39. The molecule has 1 fully saturated rings.